The van der Waals surface area contributed by atoms with E-state index in [1.54, 1.807) is 0 Å². The second-order valence-electron chi connectivity index (χ2n) is 5.93. The molecule has 0 saturated carbocycles. The van der Waals surface area contributed by atoms with E-state index in [1.807, 2.05) is 0 Å². The summed E-state index contributed by atoms with van der Waals surface area (Å²) in [5, 5.41) is 4.82. The van der Waals surface area contributed by atoms with Gasteiger partial charge in [-0.3, -0.25) is 19.2 Å². The Morgan fingerprint density at radius 2 is 1.77 bits per heavy atom. The maximum absolute atomic E-state index is 12.6. The number of carbonyl (C=O) groups excluding carboxylic acids is 3. The van der Waals surface area contributed by atoms with Gasteiger partial charge < -0.3 is 16.4 Å². The summed E-state index contributed by atoms with van der Waals surface area (Å²) in [5.41, 5.74) is 5.47. The Hall–Kier alpha value is -2.99. The van der Waals surface area contributed by atoms with Gasteiger partial charge in [-0.1, -0.05) is 22.1 Å². The Labute approximate surface area is 177 Å². The molecule has 30 heavy (non-hydrogen) atoms. The molecule has 0 atom stereocenters. The number of anilines is 1. The molecule has 2 rings (SSSR count). The molecule has 12 heteroatoms. The molecule has 0 spiro atoms. The topological polar surface area (TPSA) is 148 Å². The molecule has 0 aromatic heterocycles. The van der Waals surface area contributed by atoms with Gasteiger partial charge in [0.1, 0.15) is 4.90 Å². The largest absolute Gasteiger partial charge is 0.368 e. The Morgan fingerprint density at radius 1 is 1.10 bits per heavy atom. The second-order valence-corrected chi connectivity index (χ2v) is 8.24. The van der Waals surface area contributed by atoms with E-state index in [2.05, 4.69) is 10.6 Å². The number of sulfonamides is 1. The Bertz CT molecular complexity index is 1090. The zero-order valence-electron chi connectivity index (χ0n) is 16.0. The molecule has 160 valence electrons. The smallest absolute Gasteiger partial charge is 0.266 e. The molecule has 0 bridgehead atoms. The van der Waals surface area contributed by atoms with Gasteiger partial charge >= 0.3 is 0 Å². The second kappa shape index (κ2) is 9.67. The molecule has 3 amide bonds. The van der Waals surface area contributed by atoms with Crippen LogP contribution in [0.4, 0.5) is 5.69 Å². The predicted molar refractivity (Wildman–Crippen MR) is 109 cm³/mol. The van der Waals surface area contributed by atoms with Crippen molar-refractivity contribution >= 4 is 45.0 Å². The number of benzene rings is 2. The molecule has 0 fully saturated rings. The summed E-state index contributed by atoms with van der Waals surface area (Å²) in [5.74, 6) is -1.87. The van der Waals surface area contributed by atoms with Gasteiger partial charge in [0.2, 0.25) is 5.91 Å². The lowest BCUT2D eigenvalue weighted by Crippen LogP contribution is -2.33. The van der Waals surface area contributed by atoms with Crippen molar-refractivity contribution in [3.63, 3.8) is 0 Å². The fourth-order valence-corrected chi connectivity index (χ4v) is 3.76. The highest BCUT2D eigenvalue weighted by Crippen LogP contribution is 2.26. The van der Waals surface area contributed by atoms with E-state index in [4.69, 9.17) is 22.2 Å². The van der Waals surface area contributed by atoms with E-state index < -0.39 is 27.7 Å². The van der Waals surface area contributed by atoms with Crippen molar-refractivity contribution in [2.75, 3.05) is 26.0 Å². The number of nitrogens with two attached hydrogens (primary N) is 1. The highest BCUT2D eigenvalue weighted by Gasteiger charge is 2.25. The van der Waals surface area contributed by atoms with Crippen LogP contribution in [-0.4, -0.2) is 51.3 Å². The van der Waals surface area contributed by atoms with E-state index >= 15 is 0 Å². The van der Waals surface area contributed by atoms with E-state index in [0.717, 1.165) is 6.07 Å². The first-order valence-electron chi connectivity index (χ1n) is 8.36. The van der Waals surface area contributed by atoms with Gasteiger partial charge in [0.25, 0.3) is 21.8 Å². The van der Waals surface area contributed by atoms with Gasteiger partial charge in [-0.15, -0.1) is 0 Å². The quantitative estimate of drug-likeness (QED) is 0.506. The first-order valence-corrected chi connectivity index (χ1v) is 10.2. The number of rotatable bonds is 8. The highest BCUT2D eigenvalue weighted by molar-refractivity contribution is 7.89. The van der Waals surface area contributed by atoms with Crippen molar-refractivity contribution in [3.05, 3.63) is 58.6 Å². The first kappa shape index (κ1) is 23.3. The summed E-state index contributed by atoms with van der Waals surface area (Å²) < 4.78 is 25.5. The molecule has 10 nitrogen and oxygen atoms in total. The van der Waals surface area contributed by atoms with Gasteiger partial charge in [-0.2, -0.15) is 0 Å². The lowest BCUT2D eigenvalue weighted by molar-refractivity contribution is -0.117. The fourth-order valence-electron chi connectivity index (χ4n) is 2.29. The van der Waals surface area contributed by atoms with Crippen LogP contribution < -0.4 is 16.4 Å². The average Bonchev–Trinajstić information content (AvgIpc) is 2.71. The van der Waals surface area contributed by atoms with Crippen LogP contribution >= 0.6 is 11.6 Å². The Balaban J connectivity index is 2.25. The van der Waals surface area contributed by atoms with Crippen LogP contribution in [0.5, 0.6) is 0 Å². The van der Waals surface area contributed by atoms with E-state index in [1.165, 1.54) is 50.6 Å². The van der Waals surface area contributed by atoms with Crippen LogP contribution in [0.15, 0.2) is 47.4 Å². The van der Waals surface area contributed by atoms with Gasteiger partial charge in [-0.05, 0) is 36.4 Å². The van der Waals surface area contributed by atoms with Gasteiger partial charge in [0.05, 0.1) is 18.7 Å². The van der Waals surface area contributed by atoms with Crippen LogP contribution in [0, 0.1) is 0 Å². The Kier molecular flexibility index (Phi) is 7.51. The summed E-state index contributed by atoms with van der Waals surface area (Å²) in [6.07, 6.45) is 0. The van der Waals surface area contributed by atoms with E-state index in [0.29, 0.717) is 4.47 Å². The number of amides is 3. The molecule has 0 saturated heterocycles. The molecule has 4 N–H and O–H groups in total. The molecule has 2 aromatic carbocycles. The van der Waals surface area contributed by atoms with Crippen molar-refractivity contribution in [2.45, 2.75) is 4.90 Å². The first-order chi connectivity index (χ1) is 14.1. The molecule has 0 heterocycles. The highest BCUT2D eigenvalue weighted by atomic mass is 35.5. The molecular formula is C18H19ClN4O6S. The number of nitrogens with zero attached hydrogens (tertiary/aromatic N) is 1. The molecule has 0 unspecified atom stereocenters. The summed E-state index contributed by atoms with van der Waals surface area (Å²) >= 11 is 5.98. The number of hydrogen-bond acceptors (Lipinski definition) is 6. The van der Waals surface area contributed by atoms with Crippen molar-refractivity contribution in [1.82, 2.24) is 9.79 Å². The number of hydrogen-bond donors (Lipinski definition) is 3. The summed E-state index contributed by atoms with van der Waals surface area (Å²) in [4.78, 5) is 39.8. The third-order valence-electron chi connectivity index (χ3n) is 3.87. The summed E-state index contributed by atoms with van der Waals surface area (Å²) in [7, 11) is -1.71. The number of primary amides is 1. The zero-order chi connectivity index (χ0) is 22.5. The lowest BCUT2D eigenvalue weighted by atomic mass is 10.1. The molecule has 0 aliphatic rings. The standard InChI is InChI=1S/C18H19ClN4O6S/c1-23(29-2)30(27,28)15-9-12(6-7-14(15)19)18(26)22-13-5-3-4-11(8-13)17(25)21-10-16(20)24/h3-9H,10H2,1-2H3,(H2,20,24)(H,21,25)(H,22,26). The normalized spacial score (nSPS) is 11.2. The maximum atomic E-state index is 12.6. The van der Waals surface area contributed by atoms with Crippen LogP contribution in [0.1, 0.15) is 20.7 Å². The number of carbonyl (C=O) groups is 3. The minimum atomic E-state index is -4.07. The van der Waals surface area contributed by atoms with Crippen molar-refractivity contribution in [1.29, 1.82) is 0 Å². The van der Waals surface area contributed by atoms with Gasteiger partial charge in [0.15, 0.2) is 0 Å². The number of halogens is 1. The SMILES string of the molecule is CON(C)S(=O)(=O)c1cc(C(=O)Nc2cccc(C(=O)NCC(N)=O)c2)ccc1Cl. The predicted octanol–water partition coefficient (Wildman–Crippen LogP) is 0.989. The van der Waals surface area contributed by atoms with Gasteiger partial charge in [0, 0.05) is 23.9 Å². The van der Waals surface area contributed by atoms with Crippen molar-refractivity contribution in [3.8, 4) is 0 Å². The van der Waals surface area contributed by atoms with Crippen molar-refractivity contribution in [2.24, 2.45) is 5.73 Å². The maximum Gasteiger partial charge on any atom is 0.266 e. The van der Waals surface area contributed by atoms with Gasteiger partial charge in [-0.25, -0.2) is 8.42 Å². The van der Waals surface area contributed by atoms with Crippen LogP contribution in [-0.2, 0) is 19.7 Å². The van der Waals surface area contributed by atoms with E-state index in [9.17, 15) is 22.8 Å². The zero-order valence-corrected chi connectivity index (χ0v) is 17.6. The lowest BCUT2D eigenvalue weighted by Gasteiger charge is -2.16. The van der Waals surface area contributed by atoms with Crippen LogP contribution in [0.3, 0.4) is 0 Å². The van der Waals surface area contributed by atoms with Crippen LogP contribution in [0.2, 0.25) is 5.02 Å². The Morgan fingerprint density at radius 3 is 2.40 bits per heavy atom. The molecular weight excluding hydrogens is 436 g/mol. The fraction of sp³-hybridized carbons (Fsp3) is 0.167. The third-order valence-corrected chi connectivity index (χ3v) is 6.03. The monoisotopic (exact) mass is 454 g/mol. The molecule has 0 aliphatic heterocycles. The minimum Gasteiger partial charge on any atom is -0.368 e. The van der Waals surface area contributed by atoms with E-state index in [-0.39, 0.29) is 33.3 Å². The number of hydroxylamine groups is 1. The van der Waals surface area contributed by atoms with Crippen LogP contribution in [0.25, 0.3) is 0 Å². The molecule has 2 aromatic rings. The summed E-state index contributed by atoms with van der Waals surface area (Å²) in [6, 6.07) is 9.69. The third kappa shape index (κ3) is 5.54. The van der Waals surface area contributed by atoms with Crippen molar-refractivity contribution < 1.29 is 27.6 Å². The average molecular weight is 455 g/mol. The number of nitrogens with one attached hydrogen (secondary N) is 2. The summed E-state index contributed by atoms with van der Waals surface area (Å²) in [6.45, 7) is -0.326. The molecule has 0 radical (unpaired) electrons. The molecule has 0 aliphatic carbocycles. The minimum absolute atomic E-state index is 0.0195.